The molecule has 4 heteroatoms. The van der Waals surface area contributed by atoms with Gasteiger partial charge in [0.15, 0.2) is 11.6 Å². The highest BCUT2D eigenvalue weighted by atomic mass is 19.1. The molecule has 0 fully saturated rings. The molecule has 0 aliphatic rings. The molecule has 0 unspecified atom stereocenters. The Balaban J connectivity index is 2.65. The molecule has 0 aliphatic carbocycles. The molecular formula is C13H16FNO2. The van der Waals surface area contributed by atoms with E-state index in [0.29, 0.717) is 12.1 Å². The Bertz CT molecular complexity index is 416. The molecule has 0 radical (unpaired) electrons. The second-order valence-corrected chi connectivity index (χ2v) is 3.52. The van der Waals surface area contributed by atoms with Gasteiger partial charge in [0.1, 0.15) is 0 Å². The minimum Gasteiger partial charge on any atom is -0.494 e. The largest absolute Gasteiger partial charge is 0.494 e. The molecule has 0 aromatic heterocycles. The first kappa shape index (κ1) is 13.2. The number of benzene rings is 1. The number of halogens is 1. The Morgan fingerprint density at radius 1 is 1.53 bits per heavy atom. The van der Waals surface area contributed by atoms with Crippen LogP contribution in [-0.2, 0) is 4.79 Å². The fourth-order valence-electron chi connectivity index (χ4n) is 1.27. The van der Waals surface area contributed by atoms with Crippen LogP contribution in [0.4, 0.5) is 4.39 Å². The summed E-state index contributed by atoms with van der Waals surface area (Å²) >= 11 is 0. The molecule has 1 aromatic rings. The summed E-state index contributed by atoms with van der Waals surface area (Å²) in [5.41, 5.74) is 0.620. The fraction of sp³-hybridized carbons (Fsp3) is 0.308. The van der Waals surface area contributed by atoms with Gasteiger partial charge in [-0.05, 0) is 30.2 Å². The zero-order valence-corrected chi connectivity index (χ0v) is 10.00. The highest BCUT2D eigenvalue weighted by molar-refractivity contribution is 5.91. The van der Waals surface area contributed by atoms with Crippen molar-refractivity contribution in [2.75, 3.05) is 13.7 Å². The van der Waals surface area contributed by atoms with E-state index in [4.69, 9.17) is 4.74 Å². The van der Waals surface area contributed by atoms with E-state index in [9.17, 15) is 9.18 Å². The smallest absolute Gasteiger partial charge is 0.243 e. The van der Waals surface area contributed by atoms with Gasteiger partial charge in [-0.15, -0.1) is 0 Å². The van der Waals surface area contributed by atoms with Crippen molar-refractivity contribution in [3.8, 4) is 5.75 Å². The average Bonchev–Trinajstić information content (AvgIpc) is 2.34. The molecule has 1 rings (SSSR count). The van der Waals surface area contributed by atoms with E-state index in [1.807, 2.05) is 6.92 Å². The van der Waals surface area contributed by atoms with Gasteiger partial charge in [0.25, 0.3) is 0 Å². The summed E-state index contributed by atoms with van der Waals surface area (Å²) in [5.74, 6) is -0.427. The summed E-state index contributed by atoms with van der Waals surface area (Å²) in [6.07, 6.45) is 3.83. The number of ether oxygens (including phenoxy) is 1. The molecule has 0 heterocycles. The van der Waals surface area contributed by atoms with Crippen LogP contribution in [0.25, 0.3) is 6.08 Å². The molecule has 0 aliphatic heterocycles. The fourth-order valence-corrected chi connectivity index (χ4v) is 1.27. The Morgan fingerprint density at radius 3 is 2.88 bits per heavy atom. The molecule has 0 bridgehead atoms. The number of carbonyl (C=O) groups excluding carboxylic acids is 1. The molecule has 1 amide bonds. The lowest BCUT2D eigenvalue weighted by Crippen LogP contribution is -2.21. The van der Waals surface area contributed by atoms with Crippen molar-refractivity contribution in [3.05, 3.63) is 35.7 Å². The summed E-state index contributed by atoms with van der Waals surface area (Å²) in [7, 11) is 1.41. The molecule has 0 spiro atoms. The Labute approximate surface area is 100 Å². The van der Waals surface area contributed by atoms with Crippen molar-refractivity contribution in [1.82, 2.24) is 5.32 Å². The van der Waals surface area contributed by atoms with Gasteiger partial charge in [0.2, 0.25) is 5.91 Å². The van der Waals surface area contributed by atoms with E-state index >= 15 is 0 Å². The van der Waals surface area contributed by atoms with Crippen LogP contribution in [0.3, 0.4) is 0 Å². The summed E-state index contributed by atoms with van der Waals surface area (Å²) < 4.78 is 18.1. The monoisotopic (exact) mass is 237 g/mol. The molecule has 0 saturated carbocycles. The van der Waals surface area contributed by atoms with Gasteiger partial charge in [-0.1, -0.05) is 13.0 Å². The van der Waals surface area contributed by atoms with Crippen LogP contribution in [0.5, 0.6) is 5.75 Å². The Morgan fingerprint density at radius 2 is 2.29 bits per heavy atom. The number of hydrogen-bond donors (Lipinski definition) is 1. The molecule has 1 N–H and O–H groups in total. The van der Waals surface area contributed by atoms with Gasteiger partial charge in [-0.2, -0.15) is 0 Å². The highest BCUT2D eigenvalue weighted by Gasteiger charge is 2.01. The molecular weight excluding hydrogens is 221 g/mol. The van der Waals surface area contributed by atoms with E-state index in [1.54, 1.807) is 12.1 Å². The molecule has 1 aromatic carbocycles. The van der Waals surface area contributed by atoms with Gasteiger partial charge in [-0.3, -0.25) is 4.79 Å². The summed E-state index contributed by atoms with van der Waals surface area (Å²) in [4.78, 5) is 11.3. The van der Waals surface area contributed by atoms with Crippen molar-refractivity contribution in [1.29, 1.82) is 0 Å². The maximum Gasteiger partial charge on any atom is 0.243 e. The summed E-state index contributed by atoms with van der Waals surface area (Å²) in [6.45, 7) is 2.61. The van der Waals surface area contributed by atoms with Gasteiger partial charge >= 0.3 is 0 Å². The van der Waals surface area contributed by atoms with Crippen LogP contribution in [0.15, 0.2) is 24.3 Å². The maximum absolute atomic E-state index is 13.3. The van der Waals surface area contributed by atoms with Crippen LogP contribution in [0.1, 0.15) is 18.9 Å². The van der Waals surface area contributed by atoms with Crippen LogP contribution >= 0.6 is 0 Å². The van der Waals surface area contributed by atoms with Crippen LogP contribution < -0.4 is 10.1 Å². The average molecular weight is 237 g/mol. The maximum atomic E-state index is 13.3. The number of nitrogens with one attached hydrogen (secondary N) is 1. The Kier molecular flexibility index (Phi) is 5.20. The first-order valence-electron chi connectivity index (χ1n) is 5.46. The molecule has 3 nitrogen and oxygen atoms in total. The van der Waals surface area contributed by atoms with Gasteiger partial charge in [0.05, 0.1) is 7.11 Å². The highest BCUT2D eigenvalue weighted by Crippen LogP contribution is 2.18. The van der Waals surface area contributed by atoms with E-state index in [0.717, 1.165) is 6.42 Å². The minimum atomic E-state index is -0.441. The number of carbonyl (C=O) groups is 1. The summed E-state index contributed by atoms with van der Waals surface area (Å²) in [6, 6.07) is 4.53. The van der Waals surface area contributed by atoms with Crippen molar-refractivity contribution in [2.24, 2.45) is 0 Å². The van der Waals surface area contributed by atoms with Crippen LogP contribution in [0.2, 0.25) is 0 Å². The first-order chi connectivity index (χ1) is 8.17. The van der Waals surface area contributed by atoms with E-state index in [-0.39, 0.29) is 11.7 Å². The second kappa shape index (κ2) is 6.68. The number of methoxy groups -OCH3 is 1. The molecule has 17 heavy (non-hydrogen) atoms. The van der Waals surface area contributed by atoms with E-state index in [1.165, 1.54) is 25.3 Å². The zero-order chi connectivity index (χ0) is 12.7. The standard InChI is InChI=1S/C13H16FNO2/c1-3-8-15-13(16)7-5-10-4-6-12(17-2)11(14)9-10/h4-7,9H,3,8H2,1-2H3,(H,15,16). The van der Waals surface area contributed by atoms with Gasteiger partial charge < -0.3 is 10.1 Å². The minimum absolute atomic E-state index is 0.178. The molecule has 92 valence electrons. The third-order valence-corrected chi connectivity index (χ3v) is 2.15. The van der Waals surface area contributed by atoms with Crippen molar-refractivity contribution in [2.45, 2.75) is 13.3 Å². The SMILES string of the molecule is CCCNC(=O)C=Cc1ccc(OC)c(F)c1. The third kappa shape index (κ3) is 4.26. The van der Waals surface area contributed by atoms with Crippen molar-refractivity contribution in [3.63, 3.8) is 0 Å². The molecule has 0 atom stereocenters. The summed E-state index contributed by atoms with van der Waals surface area (Å²) in [5, 5.41) is 2.70. The zero-order valence-electron chi connectivity index (χ0n) is 10.00. The van der Waals surface area contributed by atoms with E-state index < -0.39 is 5.82 Å². The first-order valence-corrected chi connectivity index (χ1v) is 5.46. The number of amides is 1. The lowest BCUT2D eigenvalue weighted by Gasteiger charge is -2.02. The lowest BCUT2D eigenvalue weighted by atomic mass is 10.2. The number of hydrogen-bond acceptors (Lipinski definition) is 2. The molecule has 0 saturated heterocycles. The van der Waals surface area contributed by atoms with Gasteiger partial charge in [0, 0.05) is 12.6 Å². The van der Waals surface area contributed by atoms with Crippen LogP contribution in [-0.4, -0.2) is 19.6 Å². The normalized spacial score (nSPS) is 10.5. The predicted octanol–water partition coefficient (Wildman–Crippen LogP) is 2.37. The predicted molar refractivity (Wildman–Crippen MR) is 65.3 cm³/mol. The quantitative estimate of drug-likeness (QED) is 0.798. The third-order valence-electron chi connectivity index (χ3n) is 2.15. The van der Waals surface area contributed by atoms with E-state index in [2.05, 4.69) is 5.32 Å². The van der Waals surface area contributed by atoms with Crippen LogP contribution in [0, 0.1) is 5.82 Å². The lowest BCUT2D eigenvalue weighted by molar-refractivity contribution is -0.116. The van der Waals surface area contributed by atoms with Gasteiger partial charge in [-0.25, -0.2) is 4.39 Å². The van der Waals surface area contributed by atoms with Crippen molar-refractivity contribution < 1.29 is 13.9 Å². The Hall–Kier alpha value is -1.84. The second-order valence-electron chi connectivity index (χ2n) is 3.52. The van der Waals surface area contributed by atoms with Crippen molar-refractivity contribution >= 4 is 12.0 Å². The number of rotatable bonds is 5. The topological polar surface area (TPSA) is 38.3 Å².